The topological polar surface area (TPSA) is 0 Å². The van der Waals surface area contributed by atoms with Gasteiger partial charge in [-0.1, -0.05) is 48.1 Å². The lowest BCUT2D eigenvalue weighted by Gasteiger charge is -2.07. The molecular formula is C5H9Cl3S. The van der Waals surface area contributed by atoms with Crippen LogP contribution in [0.1, 0.15) is 19.8 Å². The zero-order chi connectivity index (χ0) is 7.33. The fourth-order valence-corrected chi connectivity index (χ4v) is 1.69. The number of hydrogen-bond acceptors (Lipinski definition) is 1. The predicted molar refractivity (Wildman–Crippen MR) is 47.7 cm³/mol. The van der Waals surface area contributed by atoms with E-state index in [1.54, 1.807) is 0 Å². The summed E-state index contributed by atoms with van der Waals surface area (Å²) in [6.07, 6.45) is 2.26. The van der Waals surface area contributed by atoms with Gasteiger partial charge in [0.05, 0.1) is 0 Å². The van der Waals surface area contributed by atoms with Crippen LogP contribution in [0.2, 0.25) is 0 Å². The summed E-state index contributed by atoms with van der Waals surface area (Å²) in [6, 6.07) is 0. The second kappa shape index (κ2) is 4.95. The summed E-state index contributed by atoms with van der Waals surface area (Å²) in [5.41, 5.74) is 0. The second-order valence-electron chi connectivity index (χ2n) is 1.65. The van der Waals surface area contributed by atoms with E-state index >= 15 is 0 Å². The first-order chi connectivity index (χ1) is 4.06. The van der Waals surface area contributed by atoms with Crippen molar-refractivity contribution in [3.63, 3.8) is 0 Å². The van der Waals surface area contributed by atoms with Crippen LogP contribution in [-0.4, -0.2) is 8.88 Å². The summed E-state index contributed by atoms with van der Waals surface area (Å²) in [5.74, 6) is 0.924. The SMILES string of the molecule is CCCCSC(Cl)(Cl)Cl. The summed E-state index contributed by atoms with van der Waals surface area (Å²) in [7, 11) is 0. The third-order valence-corrected chi connectivity index (χ3v) is 2.57. The van der Waals surface area contributed by atoms with Crippen molar-refractivity contribution in [1.29, 1.82) is 0 Å². The maximum absolute atomic E-state index is 5.46. The van der Waals surface area contributed by atoms with Crippen LogP contribution in [0.3, 0.4) is 0 Å². The Kier molecular flexibility index (Phi) is 5.62. The zero-order valence-corrected chi connectivity index (χ0v) is 8.25. The molecule has 0 fully saturated rings. The lowest BCUT2D eigenvalue weighted by Crippen LogP contribution is -1.95. The molecule has 0 aromatic heterocycles. The van der Waals surface area contributed by atoms with E-state index in [1.165, 1.54) is 11.8 Å². The maximum atomic E-state index is 5.46. The van der Waals surface area contributed by atoms with Crippen LogP contribution in [0.4, 0.5) is 0 Å². The van der Waals surface area contributed by atoms with Crippen molar-refractivity contribution in [2.75, 3.05) is 5.75 Å². The molecule has 0 aromatic carbocycles. The molecule has 0 aliphatic rings. The van der Waals surface area contributed by atoms with Gasteiger partial charge in [0.25, 0.3) is 0 Å². The van der Waals surface area contributed by atoms with E-state index in [-0.39, 0.29) is 0 Å². The summed E-state index contributed by atoms with van der Waals surface area (Å²) in [6.45, 7) is 2.11. The summed E-state index contributed by atoms with van der Waals surface area (Å²) in [4.78, 5) is 0. The third kappa shape index (κ3) is 9.22. The molecule has 0 atom stereocenters. The van der Waals surface area contributed by atoms with Crippen molar-refractivity contribution in [3.8, 4) is 0 Å². The van der Waals surface area contributed by atoms with Gasteiger partial charge in [-0.25, -0.2) is 0 Å². The first-order valence-corrected chi connectivity index (χ1v) is 4.89. The Morgan fingerprint density at radius 3 is 2.22 bits per heavy atom. The number of alkyl halides is 3. The average Bonchev–Trinajstić information content (AvgIpc) is 1.63. The summed E-state index contributed by atoms with van der Waals surface area (Å²) < 4.78 is -1.12. The van der Waals surface area contributed by atoms with Crippen molar-refractivity contribution in [2.24, 2.45) is 0 Å². The molecule has 0 bridgehead atoms. The van der Waals surface area contributed by atoms with E-state index < -0.39 is 3.12 Å². The molecule has 0 amide bonds. The average molecular weight is 208 g/mol. The van der Waals surface area contributed by atoms with Crippen LogP contribution in [0, 0.1) is 0 Å². The van der Waals surface area contributed by atoms with Gasteiger partial charge in [-0.15, -0.1) is 11.8 Å². The first kappa shape index (κ1) is 10.2. The number of thioether (sulfide) groups is 1. The van der Waals surface area contributed by atoms with Gasteiger partial charge in [-0.05, 0) is 12.2 Å². The lowest BCUT2D eigenvalue weighted by atomic mass is 10.4. The normalized spacial score (nSPS) is 12.0. The molecule has 0 rings (SSSR count). The largest absolute Gasteiger partial charge is 0.237 e. The highest BCUT2D eigenvalue weighted by Crippen LogP contribution is 2.38. The van der Waals surface area contributed by atoms with Crippen LogP contribution in [0.25, 0.3) is 0 Å². The standard InChI is InChI=1S/C5H9Cl3S/c1-2-3-4-9-5(6,7)8/h2-4H2,1H3. The highest BCUT2D eigenvalue weighted by atomic mass is 35.6. The van der Waals surface area contributed by atoms with Crippen LogP contribution < -0.4 is 0 Å². The van der Waals surface area contributed by atoms with Gasteiger partial charge in [0.2, 0.25) is 3.12 Å². The predicted octanol–water partition coefficient (Wildman–Crippen LogP) is 3.85. The molecule has 0 unspecified atom stereocenters. The minimum Gasteiger partial charge on any atom is -0.107 e. The third-order valence-electron chi connectivity index (χ3n) is 0.764. The highest BCUT2D eigenvalue weighted by Gasteiger charge is 2.18. The molecule has 0 nitrogen and oxygen atoms in total. The quantitative estimate of drug-likeness (QED) is 0.500. The van der Waals surface area contributed by atoms with Gasteiger partial charge >= 0.3 is 0 Å². The number of hydrogen-bond donors (Lipinski definition) is 0. The molecule has 0 saturated carbocycles. The molecule has 0 aliphatic carbocycles. The van der Waals surface area contributed by atoms with Gasteiger partial charge < -0.3 is 0 Å². The van der Waals surface area contributed by atoms with Gasteiger partial charge in [0.1, 0.15) is 0 Å². The highest BCUT2D eigenvalue weighted by molar-refractivity contribution is 8.04. The Bertz CT molecular complexity index is 69.1. The van der Waals surface area contributed by atoms with Crippen LogP contribution in [0.15, 0.2) is 0 Å². The van der Waals surface area contributed by atoms with Gasteiger partial charge in [-0.3, -0.25) is 0 Å². The van der Waals surface area contributed by atoms with E-state index in [2.05, 4.69) is 6.92 Å². The van der Waals surface area contributed by atoms with E-state index in [1.807, 2.05) is 0 Å². The lowest BCUT2D eigenvalue weighted by molar-refractivity contribution is 0.896. The van der Waals surface area contributed by atoms with Crippen molar-refractivity contribution in [2.45, 2.75) is 22.9 Å². The molecular weight excluding hydrogens is 198 g/mol. The van der Waals surface area contributed by atoms with Crippen molar-refractivity contribution in [3.05, 3.63) is 0 Å². The van der Waals surface area contributed by atoms with E-state index in [0.29, 0.717) is 0 Å². The summed E-state index contributed by atoms with van der Waals surface area (Å²) >= 11 is 17.7. The molecule has 0 aliphatic heterocycles. The molecule has 0 N–H and O–H groups in total. The molecule has 0 saturated heterocycles. The van der Waals surface area contributed by atoms with Crippen LogP contribution in [0.5, 0.6) is 0 Å². The molecule has 0 spiro atoms. The van der Waals surface area contributed by atoms with Crippen molar-refractivity contribution < 1.29 is 0 Å². The Hall–Kier alpha value is 1.22. The van der Waals surface area contributed by atoms with E-state index in [4.69, 9.17) is 34.8 Å². The molecule has 0 heterocycles. The molecule has 4 heteroatoms. The second-order valence-corrected chi connectivity index (χ2v) is 5.91. The minimum absolute atomic E-state index is 0.924. The Morgan fingerprint density at radius 1 is 1.33 bits per heavy atom. The number of rotatable bonds is 3. The molecule has 0 aromatic rings. The van der Waals surface area contributed by atoms with Gasteiger partial charge in [0, 0.05) is 0 Å². The summed E-state index contributed by atoms with van der Waals surface area (Å²) in [5, 5.41) is 0. The van der Waals surface area contributed by atoms with E-state index in [9.17, 15) is 0 Å². The Morgan fingerprint density at radius 2 is 1.89 bits per heavy atom. The number of halogens is 3. The number of unbranched alkanes of at least 4 members (excludes halogenated alkanes) is 1. The van der Waals surface area contributed by atoms with Crippen LogP contribution >= 0.6 is 46.6 Å². The van der Waals surface area contributed by atoms with Crippen molar-refractivity contribution in [1.82, 2.24) is 0 Å². The zero-order valence-electron chi connectivity index (χ0n) is 5.16. The Labute approximate surface area is 75.2 Å². The molecule has 56 valence electrons. The smallest absolute Gasteiger partial charge is 0.107 e. The van der Waals surface area contributed by atoms with E-state index in [0.717, 1.165) is 18.6 Å². The Balaban J connectivity index is 3.07. The van der Waals surface area contributed by atoms with Gasteiger partial charge in [0.15, 0.2) is 0 Å². The monoisotopic (exact) mass is 206 g/mol. The van der Waals surface area contributed by atoms with Crippen molar-refractivity contribution >= 4 is 46.6 Å². The fraction of sp³-hybridized carbons (Fsp3) is 1.00. The van der Waals surface area contributed by atoms with Crippen LogP contribution in [-0.2, 0) is 0 Å². The van der Waals surface area contributed by atoms with Gasteiger partial charge in [-0.2, -0.15) is 0 Å². The first-order valence-electron chi connectivity index (χ1n) is 2.77. The molecule has 0 radical (unpaired) electrons. The molecule has 9 heavy (non-hydrogen) atoms. The fourth-order valence-electron chi connectivity index (χ4n) is 0.332. The maximum Gasteiger partial charge on any atom is 0.237 e. The minimum atomic E-state index is -1.12.